The number of unbranched alkanes of at least 4 members (excludes halogenated alkanes) is 6. The molecule has 0 atom stereocenters. The molecule has 0 aliphatic carbocycles. The Kier molecular flexibility index (Phi) is 21.3. The van der Waals surface area contributed by atoms with Gasteiger partial charge in [0.15, 0.2) is 0 Å². The van der Waals surface area contributed by atoms with Gasteiger partial charge in [-0.2, -0.15) is 0 Å². The number of carboxylic acids is 2. The number of benzene rings is 2. The Bertz CT molecular complexity index is 1200. The number of aromatic carboxylic acids is 2. The van der Waals surface area contributed by atoms with Crippen molar-refractivity contribution in [2.75, 3.05) is 0 Å². The first kappa shape index (κ1) is 46.6. The van der Waals surface area contributed by atoms with E-state index in [9.17, 15) is 30.0 Å². The van der Waals surface area contributed by atoms with Gasteiger partial charge in [-0.25, -0.2) is 9.59 Å². The predicted octanol–water partition coefficient (Wildman–Crippen LogP) is 10.6. The standard InChI is InChI=1S/2C21H34O3.Zn/c2*1-6-21(4,5)17-13-16(19(22)18(14-17)20(23)24)12-10-8-7-9-11-15(2)3;/h2*13-15,22H,6-12H2,1-5H3,(H,23,24);/q;;+2/p-2. The summed E-state index contributed by atoms with van der Waals surface area (Å²) in [5.41, 5.74) is 2.83. The fourth-order valence-corrected chi connectivity index (χ4v) is 5.70. The Morgan fingerprint density at radius 1 is 0.592 bits per heavy atom. The molecular weight excluding hydrogens is 666 g/mol. The largest absolute Gasteiger partial charge is 2.00 e. The molecule has 7 heteroatoms. The molecule has 0 radical (unpaired) electrons. The fraction of sp³-hybridized carbons (Fsp3) is 0.667. The van der Waals surface area contributed by atoms with E-state index in [1.54, 1.807) is 12.1 Å². The number of carbonyl (C=O) groups is 2. The van der Waals surface area contributed by atoms with Crippen LogP contribution in [0.4, 0.5) is 0 Å². The summed E-state index contributed by atoms with van der Waals surface area (Å²) in [5.74, 6) is -1.37. The Hall–Kier alpha value is -2.40. The van der Waals surface area contributed by atoms with E-state index in [4.69, 9.17) is 0 Å². The van der Waals surface area contributed by atoms with Crippen LogP contribution in [0.2, 0.25) is 0 Å². The van der Waals surface area contributed by atoms with Crippen molar-refractivity contribution in [3.05, 3.63) is 57.6 Å². The van der Waals surface area contributed by atoms with E-state index in [-0.39, 0.29) is 52.9 Å². The summed E-state index contributed by atoms with van der Waals surface area (Å²) in [6.45, 7) is 21.5. The normalized spacial score (nSPS) is 11.7. The van der Waals surface area contributed by atoms with Crippen LogP contribution in [0.5, 0.6) is 11.5 Å². The molecule has 2 aromatic carbocycles. The van der Waals surface area contributed by atoms with Crippen LogP contribution in [0.15, 0.2) is 24.3 Å². The van der Waals surface area contributed by atoms with Crippen molar-refractivity contribution >= 4 is 11.9 Å². The third-order valence-corrected chi connectivity index (χ3v) is 10.1. The van der Waals surface area contributed by atoms with Gasteiger partial charge in [0.2, 0.25) is 0 Å². The van der Waals surface area contributed by atoms with Crippen LogP contribution in [0.1, 0.15) is 189 Å². The zero-order valence-electron chi connectivity index (χ0n) is 32.6. The molecule has 0 heterocycles. The van der Waals surface area contributed by atoms with Crippen LogP contribution in [-0.4, -0.2) is 22.2 Å². The zero-order chi connectivity index (χ0) is 36.7. The maximum atomic E-state index is 12.4. The minimum Gasteiger partial charge on any atom is -0.872 e. The van der Waals surface area contributed by atoms with Crippen LogP contribution in [0, 0.1) is 11.8 Å². The molecule has 0 fully saturated rings. The van der Waals surface area contributed by atoms with Gasteiger partial charge >= 0.3 is 31.4 Å². The van der Waals surface area contributed by atoms with Crippen molar-refractivity contribution in [1.82, 2.24) is 0 Å². The third-order valence-electron chi connectivity index (χ3n) is 10.1. The van der Waals surface area contributed by atoms with Crippen molar-refractivity contribution < 1.29 is 49.5 Å². The summed E-state index contributed by atoms with van der Waals surface area (Å²) in [6, 6.07) is 7.01. The molecule has 0 spiro atoms. The molecule has 0 amide bonds. The molecule has 0 saturated heterocycles. The molecule has 2 rings (SSSR count). The molecule has 0 aliphatic rings. The minimum atomic E-state index is -1.12. The van der Waals surface area contributed by atoms with Gasteiger partial charge in [0.05, 0.1) is 11.1 Å². The monoisotopic (exact) mass is 730 g/mol. The van der Waals surface area contributed by atoms with Gasteiger partial charge in [-0.15, -0.1) is 0 Å². The summed E-state index contributed by atoms with van der Waals surface area (Å²) in [7, 11) is 0. The average molecular weight is 732 g/mol. The Labute approximate surface area is 311 Å². The minimum absolute atomic E-state index is 0. The second-order valence-electron chi connectivity index (χ2n) is 15.8. The molecule has 272 valence electrons. The molecule has 0 unspecified atom stereocenters. The van der Waals surface area contributed by atoms with E-state index in [1.807, 2.05) is 12.1 Å². The number of hydrogen-bond donors (Lipinski definition) is 2. The van der Waals surface area contributed by atoms with Crippen LogP contribution in [0.25, 0.3) is 0 Å². The molecule has 6 nitrogen and oxygen atoms in total. The number of hydrogen-bond acceptors (Lipinski definition) is 4. The molecular formula is C42H66O6Zn. The SMILES string of the molecule is CCC(C)(C)c1cc(CCCCCCC(C)C)c([O-])c(C(=O)O)c1.CCC(C)(C)c1cc(CCCCCCC(C)C)c([O-])c(C(=O)O)c1.[Zn+2]. The summed E-state index contributed by atoms with van der Waals surface area (Å²) in [6.07, 6.45) is 14.5. The number of aryl methyl sites for hydroxylation is 2. The van der Waals surface area contributed by atoms with E-state index >= 15 is 0 Å². The van der Waals surface area contributed by atoms with Crippen molar-refractivity contribution in [3.63, 3.8) is 0 Å². The molecule has 2 aromatic rings. The zero-order valence-corrected chi connectivity index (χ0v) is 35.6. The molecule has 0 aromatic heterocycles. The second-order valence-corrected chi connectivity index (χ2v) is 15.8. The Morgan fingerprint density at radius 3 is 1.16 bits per heavy atom. The van der Waals surface area contributed by atoms with Gasteiger partial charge in [0, 0.05) is 0 Å². The molecule has 49 heavy (non-hydrogen) atoms. The topological polar surface area (TPSA) is 121 Å². The van der Waals surface area contributed by atoms with Gasteiger partial charge in [0.25, 0.3) is 0 Å². The molecule has 0 aliphatic heterocycles. The van der Waals surface area contributed by atoms with E-state index < -0.39 is 11.9 Å². The first-order valence-corrected chi connectivity index (χ1v) is 18.5. The van der Waals surface area contributed by atoms with E-state index in [1.165, 1.54) is 38.5 Å². The predicted molar refractivity (Wildman–Crippen MR) is 196 cm³/mol. The van der Waals surface area contributed by atoms with E-state index in [0.717, 1.165) is 61.5 Å². The smallest absolute Gasteiger partial charge is 0.872 e. The van der Waals surface area contributed by atoms with Gasteiger partial charge < -0.3 is 20.4 Å². The van der Waals surface area contributed by atoms with Crippen molar-refractivity contribution in [2.45, 2.75) is 170 Å². The number of carboxylic acid groups (broad SMARTS) is 2. The number of rotatable bonds is 20. The molecule has 0 saturated carbocycles. The first-order chi connectivity index (χ1) is 22.4. The van der Waals surface area contributed by atoms with Crippen molar-refractivity contribution in [3.8, 4) is 11.5 Å². The average Bonchev–Trinajstić information content (AvgIpc) is 3.01. The molecule has 0 bridgehead atoms. The summed E-state index contributed by atoms with van der Waals surface area (Å²) in [4.78, 5) is 22.8. The van der Waals surface area contributed by atoms with Crippen molar-refractivity contribution in [1.29, 1.82) is 0 Å². The van der Waals surface area contributed by atoms with E-state index in [2.05, 4.69) is 69.2 Å². The van der Waals surface area contributed by atoms with E-state index in [0.29, 0.717) is 24.0 Å². The van der Waals surface area contributed by atoms with Crippen LogP contribution in [-0.2, 0) is 43.1 Å². The summed E-state index contributed by atoms with van der Waals surface area (Å²) >= 11 is 0. The summed E-state index contributed by atoms with van der Waals surface area (Å²) < 4.78 is 0. The first-order valence-electron chi connectivity index (χ1n) is 18.5. The third kappa shape index (κ3) is 16.0. The Balaban J connectivity index is 0.000000922. The molecule has 2 N–H and O–H groups in total. The van der Waals surface area contributed by atoms with Gasteiger partial charge in [-0.1, -0.05) is 155 Å². The van der Waals surface area contributed by atoms with Gasteiger partial charge in [-0.3, -0.25) is 0 Å². The maximum absolute atomic E-state index is 12.4. The van der Waals surface area contributed by atoms with Gasteiger partial charge in [0.1, 0.15) is 0 Å². The fourth-order valence-electron chi connectivity index (χ4n) is 5.70. The van der Waals surface area contributed by atoms with Crippen LogP contribution >= 0.6 is 0 Å². The summed E-state index contributed by atoms with van der Waals surface area (Å²) in [5, 5.41) is 43.5. The van der Waals surface area contributed by atoms with Crippen LogP contribution in [0.3, 0.4) is 0 Å². The quantitative estimate of drug-likeness (QED) is 0.103. The van der Waals surface area contributed by atoms with Gasteiger partial charge in [-0.05, 0) is 84.5 Å². The maximum Gasteiger partial charge on any atom is 2.00 e. The van der Waals surface area contributed by atoms with Crippen LogP contribution < -0.4 is 10.2 Å². The van der Waals surface area contributed by atoms with Crippen molar-refractivity contribution in [2.24, 2.45) is 11.8 Å². The Morgan fingerprint density at radius 2 is 0.898 bits per heavy atom. The second kappa shape index (κ2) is 22.4.